The van der Waals surface area contributed by atoms with Crippen molar-refractivity contribution in [1.82, 2.24) is 15.3 Å². The van der Waals surface area contributed by atoms with Crippen LogP contribution in [-0.2, 0) is 6.42 Å². The maximum Gasteiger partial charge on any atom is 0.252 e. The van der Waals surface area contributed by atoms with Crippen molar-refractivity contribution in [3.63, 3.8) is 0 Å². The third-order valence-electron chi connectivity index (χ3n) is 5.42. The first-order valence-corrected chi connectivity index (χ1v) is 10.6. The molecule has 2 N–H and O–H groups in total. The van der Waals surface area contributed by atoms with Crippen LogP contribution in [0.25, 0.3) is 5.57 Å². The molecule has 0 radical (unpaired) electrons. The molecule has 0 unspecified atom stereocenters. The minimum Gasteiger partial charge on any atom is -0.388 e. The van der Waals surface area contributed by atoms with E-state index in [-0.39, 0.29) is 35.6 Å². The minimum absolute atomic E-state index is 0.0124. The number of alkyl halides is 1. The Balaban J connectivity index is 1.60. The zero-order chi connectivity index (χ0) is 24.1. The second-order valence-corrected chi connectivity index (χ2v) is 7.71. The highest BCUT2D eigenvalue weighted by atomic mass is 19.1. The fraction of sp³-hybridized carbons (Fsp3) is 0.200. The average Bonchev–Trinajstić information content (AvgIpc) is 3.33. The van der Waals surface area contributed by atoms with E-state index in [1.165, 1.54) is 42.7 Å². The van der Waals surface area contributed by atoms with Gasteiger partial charge >= 0.3 is 0 Å². The van der Waals surface area contributed by atoms with Crippen LogP contribution in [0.3, 0.4) is 0 Å². The first-order valence-electron chi connectivity index (χ1n) is 10.6. The van der Waals surface area contributed by atoms with E-state index in [1.54, 1.807) is 24.3 Å². The topological polar surface area (TPSA) is 87.5 Å². The lowest BCUT2D eigenvalue weighted by molar-refractivity contribution is 0.0758. The van der Waals surface area contributed by atoms with Gasteiger partial charge in [-0.25, -0.2) is 23.1 Å². The summed E-state index contributed by atoms with van der Waals surface area (Å²) in [6.07, 6.45) is 3.12. The van der Waals surface area contributed by atoms with Crippen molar-refractivity contribution in [2.75, 3.05) is 13.2 Å². The maximum atomic E-state index is 14.9. The molecule has 0 saturated carbocycles. The van der Waals surface area contributed by atoms with Crippen molar-refractivity contribution >= 4 is 17.2 Å². The summed E-state index contributed by atoms with van der Waals surface area (Å²) in [6, 6.07) is 10.4. The van der Waals surface area contributed by atoms with Gasteiger partial charge in [0.1, 0.15) is 30.2 Å². The predicted molar refractivity (Wildman–Crippen MR) is 121 cm³/mol. The van der Waals surface area contributed by atoms with Gasteiger partial charge in [-0.1, -0.05) is 18.2 Å². The molecular formula is C25H21F3N4O2. The van der Waals surface area contributed by atoms with E-state index in [9.17, 15) is 23.1 Å². The SMILES string of the molecule is O=C(N[C@H](Cc1ncccn1)[C@@H](O)CF)c1cccc(F)c1C1=NCC(c2ccc(F)cc2)=C1. The number of allylic oxidation sites excluding steroid dienone is 1. The third kappa shape index (κ3) is 5.20. The van der Waals surface area contributed by atoms with E-state index in [0.717, 1.165) is 11.1 Å². The number of hydrogen-bond acceptors (Lipinski definition) is 5. The fourth-order valence-corrected chi connectivity index (χ4v) is 3.66. The molecule has 0 fully saturated rings. The van der Waals surface area contributed by atoms with Crippen LogP contribution in [0.15, 0.2) is 72.0 Å². The van der Waals surface area contributed by atoms with E-state index >= 15 is 0 Å². The van der Waals surface area contributed by atoms with Gasteiger partial charge in [-0.2, -0.15) is 0 Å². The molecule has 0 aliphatic carbocycles. The molecule has 0 saturated heterocycles. The number of carbonyl (C=O) groups is 1. The lowest BCUT2D eigenvalue weighted by Crippen LogP contribution is -2.46. The van der Waals surface area contributed by atoms with Crippen molar-refractivity contribution in [3.05, 3.63) is 101 Å². The Labute approximate surface area is 193 Å². The molecule has 2 heterocycles. The van der Waals surface area contributed by atoms with Crippen LogP contribution in [-0.4, -0.2) is 52.1 Å². The smallest absolute Gasteiger partial charge is 0.252 e. The van der Waals surface area contributed by atoms with E-state index in [1.807, 2.05) is 0 Å². The Hall–Kier alpha value is -3.85. The number of halogens is 3. The van der Waals surface area contributed by atoms with Crippen molar-refractivity contribution in [1.29, 1.82) is 0 Å². The Morgan fingerprint density at radius 3 is 2.50 bits per heavy atom. The van der Waals surface area contributed by atoms with Crippen molar-refractivity contribution in [2.24, 2.45) is 4.99 Å². The number of aromatic nitrogens is 2. The molecule has 1 aliphatic heterocycles. The van der Waals surface area contributed by atoms with Crippen molar-refractivity contribution in [2.45, 2.75) is 18.6 Å². The van der Waals surface area contributed by atoms with Gasteiger partial charge in [-0.15, -0.1) is 0 Å². The van der Waals surface area contributed by atoms with Crippen molar-refractivity contribution < 1.29 is 23.1 Å². The molecule has 2 atom stereocenters. The molecule has 174 valence electrons. The summed E-state index contributed by atoms with van der Waals surface area (Å²) < 4.78 is 41.4. The van der Waals surface area contributed by atoms with Gasteiger partial charge in [0.05, 0.1) is 23.9 Å². The minimum atomic E-state index is -1.50. The largest absolute Gasteiger partial charge is 0.388 e. The lowest BCUT2D eigenvalue weighted by Gasteiger charge is -2.22. The Kier molecular flexibility index (Phi) is 7.12. The molecule has 1 aliphatic rings. The fourth-order valence-electron chi connectivity index (χ4n) is 3.66. The molecule has 2 aromatic carbocycles. The predicted octanol–water partition coefficient (Wildman–Crippen LogP) is 3.31. The molecule has 1 amide bonds. The number of nitrogens with one attached hydrogen (secondary N) is 1. The highest BCUT2D eigenvalue weighted by molar-refractivity contribution is 6.19. The first kappa shape index (κ1) is 23.3. The highest BCUT2D eigenvalue weighted by Gasteiger charge is 2.27. The molecule has 34 heavy (non-hydrogen) atoms. The van der Waals surface area contributed by atoms with Gasteiger partial charge in [0.15, 0.2) is 0 Å². The van der Waals surface area contributed by atoms with Crippen LogP contribution in [0.4, 0.5) is 13.2 Å². The van der Waals surface area contributed by atoms with Gasteiger partial charge < -0.3 is 10.4 Å². The van der Waals surface area contributed by atoms with Crippen LogP contribution in [0.1, 0.15) is 27.3 Å². The summed E-state index contributed by atoms with van der Waals surface area (Å²) in [5.74, 6) is -1.42. The zero-order valence-electron chi connectivity index (χ0n) is 18.0. The summed E-state index contributed by atoms with van der Waals surface area (Å²) in [5, 5.41) is 12.7. The van der Waals surface area contributed by atoms with Gasteiger partial charge in [-0.05, 0) is 47.5 Å². The van der Waals surface area contributed by atoms with E-state index in [0.29, 0.717) is 5.82 Å². The van der Waals surface area contributed by atoms with Crippen LogP contribution < -0.4 is 5.32 Å². The van der Waals surface area contributed by atoms with Crippen LogP contribution in [0.5, 0.6) is 0 Å². The summed E-state index contributed by atoms with van der Waals surface area (Å²) in [5.41, 5.74) is 1.71. The number of hydrogen-bond donors (Lipinski definition) is 2. The quantitative estimate of drug-likeness (QED) is 0.533. The number of aliphatic imine (C=N–C) groups is 1. The standard InChI is InChI=1S/C25H21F3N4O2/c26-13-22(33)20(12-23-29-9-2-10-30-23)32-25(34)18-3-1-4-19(28)24(18)21-11-16(14-31-21)15-5-7-17(27)8-6-15/h1-11,20,22,33H,12-14H2,(H,32,34)/t20-,22+/m1/s1. The van der Waals surface area contributed by atoms with E-state index < -0.39 is 30.5 Å². The molecular weight excluding hydrogens is 445 g/mol. The van der Waals surface area contributed by atoms with Crippen molar-refractivity contribution in [3.8, 4) is 0 Å². The highest BCUT2D eigenvalue weighted by Crippen LogP contribution is 2.25. The number of benzene rings is 2. The lowest BCUT2D eigenvalue weighted by atomic mass is 9.98. The number of aliphatic hydroxyl groups excluding tert-OH is 1. The number of rotatable bonds is 8. The van der Waals surface area contributed by atoms with Gasteiger partial charge in [-0.3, -0.25) is 9.79 Å². The van der Waals surface area contributed by atoms with Gasteiger partial charge in [0.2, 0.25) is 0 Å². The summed E-state index contributed by atoms with van der Waals surface area (Å²) in [4.78, 5) is 25.6. The first-order chi connectivity index (χ1) is 16.5. The average molecular weight is 466 g/mol. The molecule has 9 heteroatoms. The Morgan fingerprint density at radius 2 is 1.79 bits per heavy atom. The summed E-state index contributed by atoms with van der Waals surface area (Å²) in [7, 11) is 0. The number of amides is 1. The molecule has 0 bridgehead atoms. The van der Waals surface area contributed by atoms with Crippen LogP contribution >= 0.6 is 0 Å². The molecule has 1 aromatic heterocycles. The zero-order valence-corrected chi connectivity index (χ0v) is 18.0. The second-order valence-electron chi connectivity index (χ2n) is 7.71. The summed E-state index contributed by atoms with van der Waals surface area (Å²) >= 11 is 0. The van der Waals surface area contributed by atoms with Crippen LogP contribution in [0, 0.1) is 11.6 Å². The Bertz CT molecular complexity index is 1230. The van der Waals surface area contributed by atoms with E-state index in [4.69, 9.17) is 0 Å². The Morgan fingerprint density at radius 1 is 1.06 bits per heavy atom. The molecule has 3 aromatic rings. The van der Waals surface area contributed by atoms with Gasteiger partial charge in [0.25, 0.3) is 5.91 Å². The molecule has 6 nitrogen and oxygen atoms in total. The summed E-state index contributed by atoms with van der Waals surface area (Å²) in [6.45, 7) is -0.852. The maximum absolute atomic E-state index is 14.9. The van der Waals surface area contributed by atoms with Crippen LogP contribution in [0.2, 0.25) is 0 Å². The van der Waals surface area contributed by atoms with Gasteiger partial charge in [0, 0.05) is 24.4 Å². The normalized spacial score (nSPS) is 14.8. The monoisotopic (exact) mass is 466 g/mol. The number of carbonyl (C=O) groups excluding carboxylic acids is 1. The third-order valence-corrected chi connectivity index (χ3v) is 5.42. The molecule has 4 rings (SSSR count). The van der Waals surface area contributed by atoms with E-state index in [2.05, 4.69) is 20.3 Å². The second kappa shape index (κ2) is 10.4. The molecule has 0 spiro atoms. The number of nitrogens with zero attached hydrogens (tertiary/aromatic N) is 3. The number of aliphatic hydroxyl groups is 1.